The van der Waals surface area contributed by atoms with Crippen LogP contribution in [0.1, 0.15) is 0 Å². The molecule has 2 aromatic rings. The molecule has 0 amide bonds. The average Bonchev–Trinajstić information content (AvgIpc) is 2.33. The maximum atomic E-state index is 9.04. The number of aromatic hydroxyl groups is 1. The molecule has 0 aromatic carbocycles. The monoisotopic (exact) mass is 149 g/mol. The van der Waals surface area contributed by atoms with Gasteiger partial charge < -0.3 is 15.8 Å². The molecule has 11 heavy (non-hydrogen) atoms. The number of anilines is 1. The van der Waals surface area contributed by atoms with Gasteiger partial charge in [-0.05, 0) is 6.07 Å². The Hall–Kier alpha value is -1.71. The number of aromatic nitrogens is 2. The highest BCUT2D eigenvalue weighted by Crippen LogP contribution is 2.21. The Balaban J connectivity index is 2.87. The van der Waals surface area contributed by atoms with E-state index >= 15 is 0 Å². The largest absolute Gasteiger partial charge is 0.506 e. The van der Waals surface area contributed by atoms with Crippen molar-refractivity contribution in [3.63, 3.8) is 0 Å². The summed E-state index contributed by atoms with van der Waals surface area (Å²) in [4.78, 5) is 6.78. The van der Waals surface area contributed by atoms with Crippen LogP contribution in [0.2, 0.25) is 0 Å². The van der Waals surface area contributed by atoms with Crippen LogP contribution in [0.4, 0.5) is 5.69 Å². The topological polar surface area (TPSA) is 74.9 Å². The standard InChI is InChI=1S/C7H7N3O/c8-6-3-10-7-5(6)1-4(11)2-9-7/h1-3,11H,8H2,(H,9,10). The number of hydrogen-bond donors (Lipinski definition) is 3. The average molecular weight is 149 g/mol. The normalized spacial score (nSPS) is 10.5. The van der Waals surface area contributed by atoms with Crippen LogP contribution < -0.4 is 5.73 Å². The van der Waals surface area contributed by atoms with Gasteiger partial charge in [-0.2, -0.15) is 0 Å². The van der Waals surface area contributed by atoms with Crippen molar-refractivity contribution >= 4 is 16.7 Å². The van der Waals surface area contributed by atoms with Crippen molar-refractivity contribution in [1.29, 1.82) is 0 Å². The molecule has 2 rings (SSSR count). The predicted octanol–water partition coefficient (Wildman–Crippen LogP) is 0.851. The lowest BCUT2D eigenvalue weighted by Gasteiger charge is -1.91. The van der Waals surface area contributed by atoms with Crippen molar-refractivity contribution in [3.8, 4) is 5.75 Å². The fraction of sp³-hybridized carbons (Fsp3) is 0. The number of nitrogens with two attached hydrogens (primary N) is 1. The van der Waals surface area contributed by atoms with Gasteiger partial charge in [-0.25, -0.2) is 4.98 Å². The van der Waals surface area contributed by atoms with Crippen LogP contribution in [-0.2, 0) is 0 Å². The third-order valence-corrected chi connectivity index (χ3v) is 1.55. The fourth-order valence-corrected chi connectivity index (χ4v) is 1.01. The number of nitrogens with zero attached hydrogens (tertiary/aromatic N) is 1. The lowest BCUT2D eigenvalue weighted by atomic mass is 10.3. The first-order valence-corrected chi connectivity index (χ1v) is 3.19. The fourth-order valence-electron chi connectivity index (χ4n) is 1.01. The Morgan fingerprint density at radius 2 is 2.36 bits per heavy atom. The summed E-state index contributed by atoms with van der Waals surface area (Å²) in [5.74, 6) is 0.129. The minimum absolute atomic E-state index is 0.129. The van der Waals surface area contributed by atoms with Crippen molar-refractivity contribution < 1.29 is 5.11 Å². The molecule has 4 heteroatoms. The molecule has 0 fully saturated rings. The smallest absolute Gasteiger partial charge is 0.139 e. The zero-order valence-corrected chi connectivity index (χ0v) is 5.70. The number of aromatic amines is 1. The van der Waals surface area contributed by atoms with Gasteiger partial charge in [0.05, 0.1) is 11.9 Å². The van der Waals surface area contributed by atoms with Gasteiger partial charge in [-0.3, -0.25) is 0 Å². The van der Waals surface area contributed by atoms with E-state index < -0.39 is 0 Å². The van der Waals surface area contributed by atoms with Gasteiger partial charge in [0.1, 0.15) is 11.4 Å². The maximum Gasteiger partial charge on any atom is 0.139 e. The van der Waals surface area contributed by atoms with Gasteiger partial charge in [0.15, 0.2) is 0 Å². The van der Waals surface area contributed by atoms with Gasteiger partial charge in [-0.15, -0.1) is 0 Å². The van der Waals surface area contributed by atoms with Crippen LogP contribution >= 0.6 is 0 Å². The van der Waals surface area contributed by atoms with E-state index in [1.807, 2.05) is 0 Å². The van der Waals surface area contributed by atoms with E-state index in [9.17, 15) is 0 Å². The van der Waals surface area contributed by atoms with E-state index in [0.717, 1.165) is 5.39 Å². The molecule has 0 bridgehead atoms. The van der Waals surface area contributed by atoms with Gasteiger partial charge >= 0.3 is 0 Å². The highest BCUT2D eigenvalue weighted by atomic mass is 16.3. The van der Waals surface area contributed by atoms with Crippen LogP contribution in [0.3, 0.4) is 0 Å². The molecule has 0 spiro atoms. The van der Waals surface area contributed by atoms with Crippen LogP contribution in [0.25, 0.3) is 11.0 Å². The summed E-state index contributed by atoms with van der Waals surface area (Å²) in [5.41, 5.74) is 6.86. The van der Waals surface area contributed by atoms with Gasteiger partial charge in [0.25, 0.3) is 0 Å². The third-order valence-electron chi connectivity index (χ3n) is 1.55. The van der Waals surface area contributed by atoms with E-state index in [4.69, 9.17) is 10.8 Å². The molecule has 0 atom stereocenters. The van der Waals surface area contributed by atoms with Gasteiger partial charge in [0, 0.05) is 11.6 Å². The molecule has 2 aromatic heterocycles. The molecule has 4 nitrogen and oxygen atoms in total. The first-order chi connectivity index (χ1) is 5.27. The molecule has 0 aliphatic rings. The van der Waals surface area contributed by atoms with E-state index in [0.29, 0.717) is 11.3 Å². The summed E-state index contributed by atoms with van der Waals surface area (Å²) < 4.78 is 0. The Labute approximate surface area is 62.7 Å². The zero-order chi connectivity index (χ0) is 7.84. The molecule has 0 aliphatic carbocycles. The van der Waals surface area contributed by atoms with Crippen molar-refractivity contribution in [2.75, 3.05) is 5.73 Å². The van der Waals surface area contributed by atoms with E-state index in [1.165, 1.54) is 6.20 Å². The number of nitrogens with one attached hydrogen (secondary N) is 1. The molecule has 0 unspecified atom stereocenters. The Kier molecular flexibility index (Phi) is 1.03. The number of rotatable bonds is 0. The van der Waals surface area contributed by atoms with Crippen molar-refractivity contribution in [2.24, 2.45) is 0 Å². The minimum Gasteiger partial charge on any atom is -0.506 e. The number of pyridine rings is 1. The van der Waals surface area contributed by atoms with E-state index in [2.05, 4.69) is 9.97 Å². The first kappa shape index (κ1) is 6.03. The summed E-state index contributed by atoms with van der Waals surface area (Å²) in [6.45, 7) is 0. The molecular weight excluding hydrogens is 142 g/mol. The Bertz CT molecular complexity index is 393. The Morgan fingerprint density at radius 1 is 1.55 bits per heavy atom. The number of nitrogen functional groups attached to an aromatic ring is 1. The minimum atomic E-state index is 0.129. The van der Waals surface area contributed by atoms with E-state index in [1.54, 1.807) is 12.3 Å². The molecule has 4 N–H and O–H groups in total. The summed E-state index contributed by atoms with van der Waals surface area (Å²) in [6.07, 6.45) is 3.02. The second kappa shape index (κ2) is 1.88. The summed E-state index contributed by atoms with van der Waals surface area (Å²) in [7, 11) is 0. The maximum absolute atomic E-state index is 9.04. The van der Waals surface area contributed by atoms with Gasteiger partial charge in [0.2, 0.25) is 0 Å². The SMILES string of the molecule is Nc1c[nH]c2ncc(O)cc12. The van der Waals surface area contributed by atoms with Crippen LogP contribution in [0.5, 0.6) is 5.75 Å². The zero-order valence-electron chi connectivity index (χ0n) is 5.70. The molecular formula is C7H7N3O. The first-order valence-electron chi connectivity index (χ1n) is 3.19. The summed E-state index contributed by atoms with van der Waals surface area (Å²) in [6, 6.07) is 1.58. The lowest BCUT2D eigenvalue weighted by Crippen LogP contribution is -1.80. The number of hydrogen-bond acceptors (Lipinski definition) is 3. The highest BCUT2D eigenvalue weighted by Gasteiger charge is 2.00. The highest BCUT2D eigenvalue weighted by molar-refractivity contribution is 5.89. The molecule has 0 saturated heterocycles. The third kappa shape index (κ3) is 0.797. The number of fused-ring (bicyclic) bond motifs is 1. The van der Waals surface area contributed by atoms with Crippen molar-refractivity contribution in [1.82, 2.24) is 9.97 Å². The van der Waals surface area contributed by atoms with Crippen LogP contribution in [0, 0.1) is 0 Å². The lowest BCUT2D eigenvalue weighted by molar-refractivity contribution is 0.474. The molecule has 56 valence electrons. The molecule has 0 radical (unpaired) electrons. The summed E-state index contributed by atoms with van der Waals surface area (Å²) in [5, 5.41) is 9.80. The second-order valence-corrected chi connectivity index (χ2v) is 2.33. The second-order valence-electron chi connectivity index (χ2n) is 2.33. The number of H-pyrrole nitrogens is 1. The molecule has 0 saturated carbocycles. The predicted molar refractivity (Wildman–Crippen MR) is 42.2 cm³/mol. The quantitative estimate of drug-likeness (QED) is 0.519. The van der Waals surface area contributed by atoms with Crippen molar-refractivity contribution in [3.05, 3.63) is 18.5 Å². The molecule has 0 aliphatic heterocycles. The van der Waals surface area contributed by atoms with E-state index in [-0.39, 0.29) is 5.75 Å². The van der Waals surface area contributed by atoms with Crippen LogP contribution in [0.15, 0.2) is 18.5 Å². The van der Waals surface area contributed by atoms with Gasteiger partial charge in [-0.1, -0.05) is 0 Å². The summed E-state index contributed by atoms with van der Waals surface area (Å²) >= 11 is 0. The Morgan fingerprint density at radius 3 is 3.18 bits per heavy atom. The molecule has 2 heterocycles. The van der Waals surface area contributed by atoms with Crippen molar-refractivity contribution in [2.45, 2.75) is 0 Å². The van der Waals surface area contributed by atoms with Crippen LogP contribution in [-0.4, -0.2) is 15.1 Å².